The van der Waals surface area contributed by atoms with Crippen molar-refractivity contribution >= 4 is 5.82 Å². The third-order valence-corrected chi connectivity index (χ3v) is 3.06. The lowest BCUT2D eigenvalue weighted by Gasteiger charge is -2.28. The second kappa shape index (κ2) is 5.36. The predicted octanol–water partition coefficient (Wildman–Crippen LogP) is 2.05. The van der Waals surface area contributed by atoms with Gasteiger partial charge in [0.1, 0.15) is 11.6 Å². The maximum Gasteiger partial charge on any atom is 0.132 e. The van der Waals surface area contributed by atoms with Crippen molar-refractivity contribution in [1.29, 1.82) is 0 Å². The van der Waals surface area contributed by atoms with Crippen molar-refractivity contribution < 1.29 is 9.47 Å². The molecule has 0 aromatic carbocycles. The summed E-state index contributed by atoms with van der Waals surface area (Å²) in [6, 6.07) is 2.03. The summed E-state index contributed by atoms with van der Waals surface area (Å²) in [5.74, 6) is 2.34. The lowest BCUT2D eigenvalue weighted by atomic mass is 10.0. The Morgan fingerprint density at radius 1 is 1.35 bits per heavy atom. The zero-order valence-corrected chi connectivity index (χ0v) is 10.8. The molecule has 17 heavy (non-hydrogen) atoms. The molecule has 0 unspecified atom stereocenters. The van der Waals surface area contributed by atoms with Gasteiger partial charge >= 0.3 is 0 Å². The summed E-state index contributed by atoms with van der Waals surface area (Å²) in [4.78, 5) is 6.75. The Labute approximate surface area is 103 Å². The Morgan fingerprint density at radius 3 is 2.65 bits per heavy atom. The van der Waals surface area contributed by atoms with Gasteiger partial charge in [-0.1, -0.05) is 13.8 Å². The maximum absolute atomic E-state index is 5.44. The highest BCUT2D eigenvalue weighted by atomic mass is 16.5. The van der Waals surface area contributed by atoms with Crippen molar-refractivity contribution in [2.24, 2.45) is 0 Å². The first-order chi connectivity index (χ1) is 8.22. The van der Waals surface area contributed by atoms with Gasteiger partial charge in [0.25, 0.3) is 0 Å². The quantitative estimate of drug-likeness (QED) is 0.804. The van der Waals surface area contributed by atoms with Crippen LogP contribution in [-0.4, -0.2) is 38.4 Å². The number of aromatic nitrogens is 1. The number of anilines is 1. The average molecular weight is 236 g/mol. The van der Waals surface area contributed by atoms with E-state index in [1.807, 2.05) is 12.3 Å². The van der Waals surface area contributed by atoms with E-state index in [2.05, 4.69) is 23.7 Å². The van der Waals surface area contributed by atoms with Crippen LogP contribution in [0.5, 0.6) is 5.75 Å². The van der Waals surface area contributed by atoms with Crippen molar-refractivity contribution in [3.8, 4) is 5.75 Å². The van der Waals surface area contributed by atoms with E-state index < -0.39 is 0 Å². The van der Waals surface area contributed by atoms with Gasteiger partial charge in [-0.15, -0.1) is 0 Å². The highest BCUT2D eigenvalue weighted by molar-refractivity contribution is 5.48. The third-order valence-electron chi connectivity index (χ3n) is 3.06. The summed E-state index contributed by atoms with van der Waals surface area (Å²) in [6.07, 6.45) is 1.92. The minimum atomic E-state index is 0.427. The number of rotatable bonds is 3. The lowest BCUT2D eigenvalue weighted by molar-refractivity contribution is 0.122. The molecule has 0 aliphatic carbocycles. The Hall–Kier alpha value is -1.29. The maximum atomic E-state index is 5.44. The molecule has 4 nitrogen and oxygen atoms in total. The van der Waals surface area contributed by atoms with Crippen LogP contribution >= 0.6 is 0 Å². The van der Waals surface area contributed by atoms with E-state index in [0.29, 0.717) is 5.92 Å². The van der Waals surface area contributed by atoms with Crippen molar-refractivity contribution in [3.63, 3.8) is 0 Å². The zero-order chi connectivity index (χ0) is 12.3. The fourth-order valence-electron chi connectivity index (χ4n) is 2.01. The predicted molar refractivity (Wildman–Crippen MR) is 67.9 cm³/mol. The van der Waals surface area contributed by atoms with Crippen LogP contribution < -0.4 is 9.64 Å². The van der Waals surface area contributed by atoms with Gasteiger partial charge in [-0.05, 0) is 5.92 Å². The minimum Gasteiger partial charge on any atom is -0.496 e. The van der Waals surface area contributed by atoms with E-state index in [-0.39, 0.29) is 0 Å². The van der Waals surface area contributed by atoms with E-state index >= 15 is 0 Å². The number of hydrogen-bond donors (Lipinski definition) is 0. The Kier molecular flexibility index (Phi) is 3.84. The summed E-state index contributed by atoms with van der Waals surface area (Å²) in [5.41, 5.74) is 1.16. The summed E-state index contributed by atoms with van der Waals surface area (Å²) in [7, 11) is 1.71. The van der Waals surface area contributed by atoms with Gasteiger partial charge in [-0.2, -0.15) is 0 Å². The van der Waals surface area contributed by atoms with Crippen LogP contribution in [0.2, 0.25) is 0 Å². The molecule has 0 bridgehead atoms. The van der Waals surface area contributed by atoms with Crippen molar-refractivity contribution in [3.05, 3.63) is 17.8 Å². The normalized spacial score (nSPS) is 16.4. The van der Waals surface area contributed by atoms with Crippen LogP contribution in [-0.2, 0) is 4.74 Å². The summed E-state index contributed by atoms with van der Waals surface area (Å²) in [6.45, 7) is 7.64. The Bertz CT molecular complexity index is 374. The lowest BCUT2D eigenvalue weighted by Crippen LogP contribution is -2.36. The molecule has 0 spiro atoms. The van der Waals surface area contributed by atoms with Crippen LogP contribution in [0.1, 0.15) is 25.3 Å². The SMILES string of the molecule is COc1cc(N2CCOCC2)ncc1C(C)C. The fourth-order valence-corrected chi connectivity index (χ4v) is 2.01. The van der Waals surface area contributed by atoms with Crippen LogP contribution in [0.4, 0.5) is 5.82 Å². The molecule has 2 rings (SSSR count). The van der Waals surface area contributed by atoms with E-state index in [1.165, 1.54) is 0 Å². The Balaban J connectivity index is 2.24. The number of hydrogen-bond acceptors (Lipinski definition) is 4. The fraction of sp³-hybridized carbons (Fsp3) is 0.615. The number of ether oxygens (including phenoxy) is 2. The van der Waals surface area contributed by atoms with Gasteiger partial charge in [0, 0.05) is 30.9 Å². The summed E-state index contributed by atoms with van der Waals surface area (Å²) >= 11 is 0. The highest BCUT2D eigenvalue weighted by Gasteiger charge is 2.15. The zero-order valence-electron chi connectivity index (χ0n) is 10.8. The van der Waals surface area contributed by atoms with Gasteiger partial charge in [0.2, 0.25) is 0 Å². The monoisotopic (exact) mass is 236 g/mol. The molecule has 1 aromatic rings. The van der Waals surface area contributed by atoms with Crippen LogP contribution in [0.15, 0.2) is 12.3 Å². The number of nitrogens with zero attached hydrogens (tertiary/aromatic N) is 2. The third kappa shape index (κ3) is 2.69. The summed E-state index contributed by atoms with van der Waals surface area (Å²) in [5, 5.41) is 0. The molecule has 0 amide bonds. The van der Waals surface area contributed by atoms with E-state index in [1.54, 1.807) is 7.11 Å². The molecule has 0 saturated carbocycles. The van der Waals surface area contributed by atoms with E-state index in [4.69, 9.17) is 9.47 Å². The van der Waals surface area contributed by atoms with Gasteiger partial charge in [-0.25, -0.2) is 4.98 Å². The highest BCUT2D eigenvalue weighted by Crippen LogP contribution is 2.28. The molecular formula is C13H20N2O2. The topological polar surface area (TPSA) is 34.6 Å². The largest absolute Gasteiger partial charge is 0.496 e. The molecular weight excluding hydrogens is 216 g/mol. The van der Waals surface area contributed by atoms with Gasteiger partial charge < -0.3 is 14.4 Å². The van der Waals surface area contributed by atoms with Gasteiger partial charge in [0.15, 0.2) is 0 Å². The van der Waals surface area contributed by atoms with Crippen molar-refractivity contribution in [1.82, 2.24) is 4.98 Å². The minimum absolute atomic E-state index is 0.427. The first-order valence-electron chi connectivity index (χ1n) is 6.09. The molecule has 94 valence electrons. The second-order valence-corrected chi connectivity index (χ2v) is 4.54. The second-order valence-electron chi connectivity index (χ2n) is 4.54. The molecule has 1 saturated heterocycles. The first-order valence-corrected chi connectivity index (χ1v) is 6.09. The molecule has 1 fully saturated rings. The van der Waals surface area contributed by atoms with Gasteiger partial charge in [0.05, 0.1) is 20.3 Å². The summed E-state index contributed by atoms with van der Waals surface area (Å²) < 4.78 is 10.8. The van der Waals surface area contributed by atoms with Crippen LogP contribution in [0.3, 0.4) is 0 Å². The molecule has 0 N–H and O–H groups in total. The van der Waals surface area contributed by atoms with Crippen LogP contribution in [0, 0.1) is 0 Å². The smallest absolute Gasteiger partial charge is 0.132 e. The van der Waals surface area contributed by atoms with Crippen LogP contribution in [0.25, 0.3) is 0 Å². The molecule has 0 atom stereocenters. The van der Waals surface area contributed by atoms with E-state index in [0.717, 1.165) is 43.4 Å². The molecule has 4 heteroatoms. The standard InChI is InChI=1S/C13H20N2O2/c1-10(2)11-9-14-13(8-12(11)16-3)15-4-6-17-7-5-15/h8-10H,4-7H2,1-3H3. The van der Waals surface area contributed by atoms with Gasteiger partial charge in [-0.3, -0.25) is 0 Å². The average Bonchev–Trinajstić information content (AvgIpc) is 2.39. The molecule has 0 radical (unpaired) electrons. The van der Waals surface area contributed by atoms with Crippen molar-refractivity contribution in [2.75, 3.05) is 38.3 Å². The van der Waals surface area contributed by atoms with Crippen molar-refractivity contribution in [2.45, 2.75) is 19.8 Å². The first kappa shape index (κ1) is 12.2. The molecule has 2 heterocycles. The Morgan fingerprint density at radius 2 is 2.06 bits per heavy atom. The van der Waals surface area contributed by atoms with E-state index in [9.17, 15) is 0 Å². The number of methoxy groups -OCH3 is 1. The molecule has 1 aromatic heterocycles. The number of morpholine rings is 1. The number of pyridine rings is 1. The molecule has 1 aliphatic rings. The molecule has 1 aliphatic heterocycles.